The summed E-state index contributed by atoms with van der Waals surface area (Å²) in [5.41, 5.74) is 0.250. The van der Waals surface area contributed by atoms with Crippen LogP contribution in [0.2, 0.25) is 0 Å². The van der Waals surface area contributed by atoms with E-state index in [1.807, 2.05) is 18.2 Å². The number of fused-ring (bicyclic) bond motifs is 1. The van der Waals surface area contributed by atoms with E-state index in [-0.39, 0.29) is 17.4 Å². The van der Waals surface area contributed by atoms with Gasteiger partial charge >= 0.3 is 6.18 Å². The lowest BCUT2D eigenvalue weighted by Crippen LogP contribution is -2.30. The topological polar surface area (TPSA) is 34.9 Å². The second kappa shape index (κ2) is 5.87. The van der Waals surface area contributed by atoms with E-state index in [0.29, 0.717) is 6.42 Å². The number of benzene rings is 2. The standard InChI is InChI=1S/C17H13F3N2O/c18-17(19,20)16-21-14-9-5-4-8-13(14)15(23)22(16)11-10-12-6-2-1-3-7-12/h1-9H,10-11H2. The number of aromatic nitrogens is 2. The average molecular weight is 318 g/mol. The monoisotopic (exact) mass is 318 g/mol. The number of alkyl halides is 3. The van der Waals surface area contributed by atoms with Gasteiger partial charge in [0, 0.05) is 6.54 Å². The van der Waals surface area contributed by atoms with E-state index >= 15 is 0 Å². The Morgan fingerprint density at radius 1 is 0.957 bits per heavy atom. The first-order chi connectivity index (χ1) is 11.0. The zero-order chi connectivity index (χ0) is 16.4. The molecular weight excluding hydrogens is 305 g/mol. The SMILES string of the molecule is O=c1c2ccccc2nc(C(F)(F)F)n1CCc1ccccc1. The highest BCUT2D eigenvalue weighted by atomic mass is 19.4. The van der Waals surface area contributed by atoms with Gasteiger partial charge in [-0.3, -0.25) is 9.36 Å². The van der Waals surface area contributed by atoms with Crippen LogP contribution in [-0.2, 0) is 19.1 Å². The Morgan fingerprint density at radius 3 is 2.30 bits per heavy atom. The van der Waals surface area contributed by atoms with E-state index < -0.39 is 17.6 Å². The van der Waals surface area contributed by atoms with Crippen LogP contribution in [0, 0.1) is 0 Å². The summed E-state index contributed by atoms with van der Waals surface area (Å²) in [4.78, 5) is 16.1. The van der Waals surface area contributed by atoms with Crippen LogP contribution in [0.3, 0.4) is 0 Å². The summed E-state index contributed by atoms with van der Waals surface area (Å²) in [7, 11) is 0. The van der Waals surface area contributed by atoms with Crippen LogP contribution in [0.4, 0.5) is 13.2 Å². The first-order valence-electron chi connectivity index (χ1n) is 7.07. The molecule has 0 bridgehead atoms. The maximum atomic E-state index is 13.3. The van der Waals surface area contributed by atoms with Crippen LogP contribution < -0.4 is 5.56 Å². The fourth-order valence-electron chi connectivity index (χ4n) is 2.48. The lowest BCUT2D eigenvalue weighted by Gasteiger charge is -2.15. The first kappa shape index (κ1) is 15.3. The molecular formula is C17H13F3N2O. The van der Waals surface area contributed by atoms with Crippen molar-refractivity contribution in [3.63, 3.8) is 0 Å². The van der Waals surface area contributed by atoms with E-state index in [4.69, 9.17) is 0 Å². The molecule has 0 saturated heterocycles. The van der Waals surface area contributed by atoms with Crippen LogP contribution in [0.1, 0.15) is 11.4 Å². The van der Waals surface area contributed by atoms with Gasteiger partial charge in [0.25, 0.3) is 5.56 Å². The minimum absolute atomic E-state index is 0.0563. The van der Waals surface area contributed by atoms with Gasteiger partial charge in [-0.25, -0.2) is 4.98 Å². The molecule has 1 aromatic heterocycles. The van der Waals surface area contributed by atoms with Crippen molar-refractivity contribution in [1.29, 1.82) is 0 Å². The highest BCUT2D eigenvalue weighted by Gasteiger charge is 2.37. The highest BCUT2D eigenvalue weighted by molar-refractivity contribution is 5.77. The molecule has 23 heavy (non-hydrogen) atoms. The molecule has 0 fully saturated rings. The smallest absolute Gasteiger partial charge is 0.288 e. The third kappa shape index (κ3) is 3.11. The second-order valence-electron chi connectivity index (χ2n) is 5.14. The van der Waals surface area contributed by atoms with Crippen molar-refractivity contribution in [3.05, 3.63) is 76.3 Å². The molecule has 3 rings (SSSR count). The van der Waals surface area contributed by atoms with Gasteiger partial charge in [-0.2, -0.15) is 13.2 Å². The van der Waals surface area contributed by atoms with Crippen molar-refractivity contribution < 1.29 is 13.2 Å². The van der Waals surface area contributed by atoms with Crippen LogP contribution >= 0.6 is 0 Å². The predicted molar refractivity (Wildman–Crippen MR) is 81.2 cm³/mol. The molecule has 0 spiro atoms. The summed E-state index contributed by atoms with van der Waals surface area (Å²) in [5.74, 6) is -1.16. The zero-order valence-electron chi connectivity index (χ0n) is 12.0. The molecule has 0 N–H and O–H groups in total. The van der Waals surface area contributed by atoms with Crippen LogP contribution in [0.15, 0.2) is 59.4 Å². The number of aryl methyl sites for hydroxylation is 1. The average Bonchev–Trinajstić information content (AvgIpc) is 2.54. The highest BCUT2D eigenvalue weighted by Crippen LogP contribution is 2.28. The van der Waals surface area contributed by atoms with Crippen LogP contribution in [0.25, 0.3) is 10.9 Å². The Hall–Kier alpha value is -2.63. The Bertz CT molecular complexity index is 886. The zero-order valence-corrected chi connectivity index (χ0v) is 12.0. The fourth-order valence-corrected chi connectivity index (χ4v) is 2.48. The van der Waals surface area contributed by atoms with Gasteiger partial charge in [-0.05, 0) is 24.1 Å². The minimum atomic E-state index is -4.68. The van der Waals surface area contributed by atoms with Gasteiger partial charge in [-0.1, -0.05) is 42.5 Å². The van der Waals surface area contributed by atoms with Gasteiger partial charge in [0.05, 0.1) is 10.9 Å². The van der Waals surface area contributed by atoms with Crippen molar-refractivity contribution in [2.45, 2.75) is 19.1 Å². The Kier molecular flexibility index (Phi) is 3.90. The summed E-state index contributed by atoms with van der Waals surface area (Å²) in [6.45, 7) is -0.0739. The molecule has 0 unspecified atom stereocenters. The lowest BCUT2D eigenvalue weighted by molar-refractivity contribution is -0.148. The van der Waals surface area contributed by atoms with Gasteiger partial charge < -0.3 is 0 Å². The molecule has 0 aliphatic rings. The summed E-state index contributed by atoms with van der Waals surface area (Å²) in [6, 6.07) is 15.1. The van der Waals surface area contributed by atoms with Gasteiger partial charge in [0.2, 0.25) is 5.82 Å². The fraction of sp³-hybridized carbons (Fsp3) is 0.176. The lowest BCUT2D eigenvalue weighted by atomic mass is 10.1. The summed E-state index contributed by atoms with van der Waals surface area (Å²) in [6.07, 6.45) is -4.36. The molecule has 0 atom stereocenters. The van der Waals surface area contributed by atoms with E-state index in [0.717, 1.165) is 10.1 Å². The number of para-hydroxylation sites is 1. The third-order valence-electron chi connectivity index (χ3n) is 3.58. The first-order valence-corrected chi connectivity index (χ1v) is 7.07. The Labute approximate surface area is 130 Å². The maximum absolute atomic E-state index is 13.3. The van der Waals surface area contributed by atoms with Gasteiger partial charge in [-0.15, -0.1) is 0 Å². The molecule has 3 nitrogen and oxygen atoms in total. The molecule has 1 heterocycles. The van der Waals surface area contributed by atoms with E-state index in [1.165, 1.54) is 12.1 Å². The molecule has 2 aromatic carbocycles. The van der Waals surface area contributed by atoms with E-state index in [1.54, 1.807) is 24.3 Å². The van der Waals surface area contributed by atoms with Crippen molar-refractivity contribution in [2.75, 3.05) is 0 Å². The number of halogens is 3. The molecule has 0 amide bonds. The predicted octanol–water partition coefficient (Wildman–Crippen LogP) is 3.66. The minimum Gasteiger partial charge on any atom is -0.288 e. The molecule has 3 aromatic rings. The summed E-state index contributed by atoms with van der Waals surface area (Å²) >= 11 is 0. The number of nitrogens with zero attached hydrogens (tertiary/aromatic N) is 2. The maximum Gasteiger partial charge on any atom is 0.449 e. The molecule has 0 saturated carbocycles. The molecule has 6 heteroatoms. The number of hydrogen-bond acceptors (Lipinski definition) is 2. The van der Waals surface area contributed by atoms with Gasteiger partial charge in [0.1, 0.15) is 0 Å². The number of hydrogen-bond donors (Lipinski definition) is 0. The summed E-state index contributed by atoms with van der Waals surface area (Å²) < 4.78 is 40.5. The molecule has 118 valence electrons. The number of rotatable bonds is 3. The summed E-state index contributed by atoms with van der Waals surface area (Å²) in [5, 5.41) is 0.188. The quantitative estimate of drug-likeness (QED) is 0.739. The van der Waals surface area contributed by atoms with E-state index in [9.17, 15) is 18.0 Å². The van der Waals surface area contributed by atoms with E-state index in [2.05, 4.69) is 4.98 Å². The third-order valence-corrected chi connectivity index (χ3v) is 3.58. The molecule has 0 aliphatic heterocycles. The van der Waals surface area contributed by atoms with Crippen LogP contribution in [-0.4, -0.2) is 9.55 Å². The van der Waals surface area contributed by atoms with Crippen LogP contribution in [0.5, 0.6) is 0 Å². The van der Waals surface area contributed by atoms with Crippen molar-refractivity contribution >= 4 is 10.9 Å². The van der Waals surface area contributed by atoms with Crippen molar-refractivity contribution in [1.82, 2.24) is 9.55 Å². The van der Waals surface area contributed by atoms with Crippen molar-refractivity contribution in [2.24, 2.45) is 0 Å². The normalized spacial score (nSPS) is 11.8. The largest absolute Gasteiger partial charge is 0.449 e. The molecule has 0 radical (unpaired) electrons. The second-order valence-corrected chi connectivity index (χ2v) is 5.14. The van der Waals surface area contributed by atoms with Gasteiger partial charge in [0.15, 0.2) is 0 Å². The molecule has 0 aliphatic carbocycles. The Morgan fingerprint density at radius 2 is 1.61 bits per heavy atom. The van der Waals surface area contributed by atoms with Crippen molar-refractivity contribution in [3.8, 4) is 0 Å². The Balaban J connectivity index is 2.10.